The van der Waals surface area contributed by atoms with Crippen LogP contribution in [0.1, 0.15) is 44.5 Å². The van der Waals surface area contributed by atoms with Crippen LogP contribution in [0.2, 0.25) is 5.02 Å². The van der Waals surface area contributed by atoms with E-state index in [9.17, 15) is 9.59 Å². The minimum atomic E-state index is -0.198. The van der Waals surface area contributed by atoms with Crippen molar-refractivity contribution in [3.8, 4) is 0 Å². The lowest BCUT2D eigenvalue weighted by molar-refractivity contribution is -0.134. The molecular weight excluding hydrogens is 388 g/mol. The number of urea groups is 1. The van der Waals surface area contributed by atoms with E-state index < -0.39 is 0 Å². The molecule has 1 aromatic carbocycles. The summed E-state index contributed by atoms with van der Waals surface area (Å²) in [4.78, 5) is 29.4. The summed E-state index contributed by atoms with van der Waals surface area (Å²) in [6.07, 6.45) is 2.89. The van der Waals surface area contributed by atoms with Crippen molar-refractivity contribution in [2.45, 2.75) is 45.8 Å². The third-order valence-corrected chi connectivity index (χ3v) is 5.51. The van der Waals surface area contributed by atoms with Crippen molar-refractivity contribution in [2.24, 2.45) is 0 Å². The molecule has 1 aliphatic heterocycles. The van der Waals surface area contributed by atoms with Crippen LogP contribution in [0.15, 0.2) is 42.6 Å². The van der Waals surface area contributed by atoms with Crippen LogP contribution in [0.5, 0.6) is 0 Å². The van der Waals surface area contributed by atoms with Crippen LogP contribution in [0.3, 0.4) is 0 Å². The zero-order valence-electron chi connectivity index (χ0n) is 17.3. The van der Waals surface area contributed by atoms with Gasteiger partial charge in [-0.3, -0.25) is 4.79 Å². The fraction of sp³-hybridized carbons (Fsp3) is 0.455. The Labute approximate surface area is 177 Å². The van der Waals surface area contributed by atoms with Crippen molar-refractivity contribution >= 4 is 23.5 Å². The summed E-state index contributed by atoms with van der Waals surface area (Å²) in [5.74, 6) is -0.0576. The summed E-state index contributed by atoms with van der Waals surface area (Å²) < 4.78 is 2.18. The fourth-order valence-corrected chi connectivity index (χ4v) is 3.83. The molecule has 0 radical (unpaired) electrons. The van der Waals surface area contributed by atoms with Gasteiger partial charge in [0.25, 0.3) is 0 Å². The molecule has 1 N–H and O–H groups in total. The number of nitrogens with zero attached hydrogens (tertiary/aromatic N) is 3. The molecule has 0 aliphatic carbocycles. The predicted octanol–water partition coefficient (Wildman–Crippen LogP) is 3.90. The number of hydrogen-bond donors (Lipinski definition) is 1. The zero-order chi connectivity index (χ0) is 21.0. The molecule has 1 atom stereocenters. The number of halogens is 1. The largest absolute Gasteiger partial charge is 0.348 e. The number of fused-ring (bicyclic) bond motifs is 1. The highest BCUT2D eigenvalue weighted by Gasteiger charge is 2.33. The smallest absolute Gasteiger partial charge is 0.318 e. The van der Waals surface area contributed by atoms with Crippen LogP contribution >= 0.6 is 11.6 Å². The lowest BCUT2D eigenvalue weighted by Gasteiger charge is -2.39. The van der Waals surface area contributed by atoms with Crippen molar-refractivity contribution in [2.75, 3.05) is 19.6 Å². The molecule has 0 spiro atoms. The van der Waals surface area contributed by atoms with Gasteiger partial charge in [0.15, 0.2) is 0 Å². The maximum atomic E-state index is 13.3. The summed E-state index contributed by atoms with van der Waals surface area (Å²) in [6.45, 7) is 7.84. The van der Waals surface area contributed by atoms with E-state index in [1.54, 1.807) is 4.90 Å². The van der Waals surface area contributed by atoms with E-state index in [1.165, 1.54) is 0 Å². The number of carbonyl (C=O) groups excluding carboxylic acids is 2. The topological polar surface area (TPSA) is 57.6 Å². The molecule has 2 heterocycles. The van der Waals surface area contributed by atoms with Crippen LogP contribution in [-0.4, -0.2) is 52.0 Å². The second kappa shape index (κ2) is 9.35. The predicted molar refractivity (Wildman–Crippen MR) is 115 cm³/mol. The molecule has 0 saturated carbocycles. The standard InChI is InChI=1S/C22H29ClN4O2/c1-4-11-24-22(29)27(16(2)3)15-20(28)26-14-13-25-12-5-6-19(25)21(26)17-7-9-18(23)10-8-17/h5-10,12,16,21H,4,11,13-15H2,1-3H3,(H,24,29)/t21-/m1/s1. The average molecular weight is 417 g/mol. The molecule has 156 valence electrons. The van der Waals surface area contributed by atoms with Crippen LogP contribution in [0.25, 0.3) is 0 Å². The molecular formula is C22H29ClN4O2. The van der Waals surface area contributed by atoms with Gasteiger partial charge in [-0.1, -0.05) is 30.7 Å². The SMILES string of the molecule is CCCNC(=O)N(CC(=O)N1CCn2cccc2[C@H]1c1ccc(Cl)cc1)C(C)C. The summed E-state index contributed by atoms with van der Waals surface area (Å²) in [6, 6.07) is 11.2. The van der Waals surface area contributed by atoms with Crippen molar-refractivity contribution in [1.82, 2.24) is 19.7 Å². The van der Waals surface area contributed by atoms with Gasteiger partial charge in [-0.05, 0) is 50.1 Å². The summed E-state index contributed by atoms with van der Waals surface area (Å²) >= 11 is 6.07. The van der Waals surface area contributed by atoms with Crippen LogP contribution < -0.4 is 5.32 Å². The van der Waals surface area contributed by atoms with Gasteiger partial charge in [-0.25, -0.2) is 4.79 Å². The molecule has 6 nitrogen and oxygen atoms in total. The van der Waals surface area contributed by atoms with Crippen LogP contribution in [0.4, 0.5) is 4.79 Å². The summed E-state index contributed by atoms with van der Waals surface area (Å²) in [7, 11) is 0. The highest BCUT2D eigenvalue weighted by Crippen LogP contribution is 2.33. The highest BCUT2D eigenvalue weighted by molar-refractivity contribution is 6.30. The van der Waals surface area contributed by atoms with E-state index in [1.807, 2.05) is 68.3 Å². The number of aromatic nitrogens is 1. The van der Waals surface area contributed by atoms with Crippen molar-refractivity contribution < 1.29 is 9.59 Å². The molecule has 3 rings (SSSR count). The van der Waals surface area contributed by atoms with E-state index in [0.29, 0.717) is 18.1 Å². The first kappa shape index (κ1) is 21.2. The number of carbonyl (C=O) groups is 2. The second-order valence-electron chi connectivity index (χ2n) is 7.62. The molecule has 1 aromatic heterocycles. The highest BCUT2D eigenvalue weighted by atomic mass is 35.5. The van der Waals surface area contributed by atoms with Crippen LogP contribution in [-0.2, 0) is 11.3 Å². The minimum absolute atomic E-state index is 0.0536. The first-order valence-electron chi connectivity index (χ1n) is 10.2. The van der Waals surface area contributed by atoms with Crippen molar-refractivity contribution in [3.05, 3.63) is 58.9 Å². The first-order chi connectivity index (χ1) is 13.9. The number of amides is 3. The van der Waals surface area contributed by atoms with Gasteiger partial charge in [-0.2, -0.15) is 0 Å². The monoisotopic (exact) mass is 416 g/mol. The first-order valence-corrected chi connectivity index (χ1v) is 10.5. The Bertz CT molecular complexity index is 847. The number of benzene rings is 1. The molecule has 0 saturated heterocycles. The number of nitrogens with one attached hydrogen (secondary N) is 1. The summed E-state index contributed by atoms with van der Waals surface area (Å²) in [5, 5.41) is 3.54. The normalized spacial score (nSPS) is 15.9. The molecule has 0 fully saturated rings. The quantitative estimate of drug-likeness (QED) is 0.776. The van der Waals surface area contributed by atoms with Gasteiger partial charge in [0.05, 0.1) is 6.04 Å². The molecule has 7 heteroatoms. The minimum Gasteiger partial charge on any atom is -0.348 e. The van der Waals surface area contributed by atoms with Gasteiger partial charge >= 0.3 is 6.03 Å². The van der Waals surface area contributed by atoms with Gasteiger partial charge in [0.1, 0.15) is 6.54 Å². The second-order valence-corrected chi connectivity index (χ2v) is 8.06. The van der Waals surface area contributed by atoms with E-state index in [-0.39, 0.29) is 30.6 Å². The average Bonchev–Trinajstić information content (AvgIpc) is 3.18. The van der Waals surface area contributed by atoms with E-state index in [0.717, 1.165) is 24.2 Å². The maximum Gasteiger partial charge on any atom is 0.318 e. The number of rotatable bonds is 6. The molecule has 3 amide bonds. The van der Waals surface area contributed by atoms with Gasteiger partial charge in [0.2, 0.25) is 5.91 Å². The maximum absolute atomic E-state index is 13.3. The lowest BCUT2D eigenvalue weighted by Crippen LogP contribution is -2.51. The Hall–Kier alpha value is -2.47. The van der Waals surface area contributed by atoms with E-state index >= 15 is 0 Å². The van der Waals surface area contributed by atoms with E-state index in [4.69, 9.17) is 11.6 Å². The Morgan fingerprint density at radius 3 is 2.59 bits per heavy atom. The Kier molecular flexibility index (Phi) is 6.85. The molecule has 2 aromatic rings. The fourth-order valence-electron chi connectivity index (χ4n) is 3.71. The molecule has 0 unspecified atom stereocenters. The van der Waals surface area contributed by atoms with Crippen molar-refractivity contribution in [3.63, 3.8) is 0 Å². The van der Waals surface area contributed by atoms with Gasteiger partial charge in [0, 0.05) is 42.6 Å². The zero-order valence-corrected chi connectivity index (χ0v) is 18.0. The van der Waals surface area contributed by atoms with Crippen LogP contribution in [0, 0.1) is 0 Å². The van der Waals surface area contributed by atoms with E-state index in [2.05, 4.69) is 9.88 Å². The Morgan fingerprint density at radius 1 is 1.21 bits per heavy atom. The number of hydrogen-bond acceptors (Lipinski definition) is 2. The third kappa shape index (κ3) is 4.75. The van der Waals surface area contributed by atoms with Gasteiger partial charge in [-0.15, -0.1) is 0 Å². The lowest BCUT2D eigenvalue weighted by atomic mass is 9.99. The molecule has 29 heavy (non-hydrogen) atoms. The van der Waals surface area contributed by atoms with Gasteiger partial charge < -0.3 is 19.7 Å². The molecule has 0 bridgehead atoms. The molecule has 1 aliphatic rings. The summed E-state index contributed by atoms with van der Waals surface area (Å²) in [5.41, 5.74) is 2.08. The Morgan fingerprint density at radius 2 is 1.93 bits per heavy atom. The Balaban J connectivity index is 1.85. The third-order valence-electron chi connectivity index (χ3n) is 5.26. The van der Waals surface area contributed by atoms with Crippen molar-refractivity contribution in [1.29, 1.82) is 0 Å².